The average Bonchev–Trinajstić information content (AvgIpc) is 3.12. The first kappa shape index (κ1) is 23.1. The number of halogens is 2. The monoisotopic (exact) mass is 489 g/mol. The average molecular weight is 490 g/mol. The summed E-state index contributed by atoms with van der Waals surface area (Å²) in [4.78, 5) is 4.16. The van der Waals surface area contributed by atoms with Gasteiger partial charge in [0.05, 0.1) is 18.5 Å². The molecule has 0 aliphatic rings. The highest BCUT2D eigenvalue weighted by atomic mass is 32.1. The highest BCUT2D eigenvalue weighted by Gasteiger charge is 2.24. The van der Waals surface area contributed by atoms with Crippen LogP contribution in [0.15, 0.2) is 54.6 Å². The summed E-state index contributed by atoms with van der Waals surface area (Å²) >= 11 is 1.51. The molecular weight excluding hydrogens is 460 g/mol. The molecule has 0 fully saturated rings. The van der Waals surface area contributed by atoms with Gasteiger partial charge in [-0.05, 0) is 40.3 Å². The van der Waals surface area contributed by atoms with Crippen LogP contribution in [0.4, 0.5) is 8.78 Å². The van der Waals surface area contributed by atoms with Gasteiger partial charge in [0.2, 0.25) is 5.95 Å². The van der Waals surface area contributed by atoms with Crippen molar-refractivity contribution in [2.24, 2.45) is 5.41 Å². The number of rotatable bonds is 3. The summed E-state index contributed by atoms with van der Waals surface area (Å²) in [5.74, 6) is -1.90. The second-order valence-electron chi connectivity index (χ2n) is 11.4. The van der Waals surface area contributed by atoms with Gasteiger partial charge < -0.3 is 0 Å². The van der Waals surface area contributed by atoms with Gasteiger partial charge in [0.1, 0.15) is 0 Å². The van der Waals surface area contributed by atoms with E-state index in [1.165, 1.54) is 27.5 Å². The molecule has 0 saturated heterocycles. The van der Waals surface area contributed by atoms with E-state index in [2.05, 4.69) is 81.8 Å². The van der Waals surface area contributed by atoms with Crippen LogP contribution in [-0.2, 0) is 6.42 Å². The molecule has 0 saturated carbocycles. The number of pyridine rings is 1. The molecule has 0 spiro atoms. The first-order chi connectivity index (χ1) is 15.9. The Hall–Kier alpha value is -2.63. The third kappa shape index (κ3) is 4.05. The summed E-state index contributed by atoms with van der Waals surface area (Å²) in [6, 6.07) is 18.6. The van der Waals surface area contributed by atoms with Crippen LogP contribution in [0, 0.1) is 17.2 Å². The second-order valence-corrected chi connectivity index (χ2v) is 17.5. The van der Waals surface area contributed by atoms with Crippen molar-refractivity contribution in [3.05, 3.63) is 71.9 Å². The van der Waals surface area contributed by atoms with Crippen LogP contribution in [-0.4, -0.2) is 13.1 Å². The Morgan fingerprint density at radius 2 is 1.65 bits per heavy atom. The third-order valence-electron chi connectivity index (χ3n) is 6.26. The summed E-state index contributed by atoms with van der Waals surface area (Å²) in [6.45, 7) is 13.5. The highest BCUT2D eigenvalue weighted by Crippen LogP contribution is 2.42. The first-order valence-corrected chi connectivity index (χ1v) is 16.0. The summed E-state index contributed by atoms with van der Waals surface area (Å²) < 4.78 is 31.7. The third-order valence-corrected chi connectivity index (χ3v) is 9.45. The van der Waals surface area contributed by atoms with Crippen LogP contribution in [0.5, 0.6) is 0 Å². The Labute approximate surface area is 204 Å². The Kier molecular flexibility index (Phi) is 5.41. The minimum absolute atomic E-state index is 0.146. The van der Waals surface area contributed by atoms with E-state index in [1.54, 1.807) is 0 Å². The Morgan fingerprint density at radius 1 is 0.912 bits per heavy atom. The molecule has 174 valence electrons. The fourth-order valence-corrected chi connectivity index (χ4v) is 7.71. The molecule has 5 aromatic rings. The molecule has 0 amide bonds. The van der Waals surface area contributed by atoms with Crippen molar-refractivity contribution in [2.45, 2.75) is 46.8 Å². The van der Waals surface area contributed by atoms with Gasteiger partial charge in [-0.15, -0.1) is 11.3 Å². The normalized spacial score (nSPS) is 12.8. The number of benzene rings is 3. The van der Waals surface area contributed by atoms with Gasteiger partial charge in [0.25, 0.3) is 0 Å². The van der Waals surface area contributed by atoms with Crippen LogP contribution in [0.3, 0.4) is 0 Å². The van der Waals surface area contributed by atoms with E-state index in [0.717, 1.165) is 27.5 Å². The lowest BCUT2D eigenvalue weighted by Crippen LogP contribution is -2.38. The van der Waals surface area contributed by atoms with Crippen LogP contribution in [0.2, 0.25) is 19.6 Å². The van der Waals surface area contributed by atoms with Gasteiger partial charge in [0.15, 0.2) is 5.82 Å². The molecule has 0 radical (unpaired) electrons. The maximum Gasteiger partial charge on any atom is 0.250 e. The minimum atomic E-state index is -1.71. The molecule has 2 aromatic heterocycles. The molecule has 3 aromatic carbocycles. The van der Waals surface area contributed by atoms with E-state index in [9.17, 15) is 4.39 Å². The summed E-state index contributed by atoms with van der Waals surface area (Å²) in [5.41, 5.74) is 2.72. The number of fused-ring (bicyclic) bond motifs is 4. The zero-order valence-corrected chi connectivity index (χ0v) is 22.3. The van der Waals surface area contributed by atoms with Crippen LogP contribution in [0.1, 0.15) is 26.3 Å². The first-order valence-electron chi connectivity index (χ1n) is 11.7. The Balaban J connectivity index is 1.81. The quantitative estimate of drug-likeness (QED) is 0.182. The molecule has 0 N–H and O–H groups in total. The minimum Gasteiger partial charge on any atom is -0.216 e. The predicted octanol–water partition coefficient (Wildman–Crippen LogP) is 8.68. The summed E-state index contributed by atoms with van der Waals surface area (Å²) in [6.07, 6.45) is 0.920. The zero-order valence-electron chi connectivity index (χ0n) is 20.5. The number of nitrogens with zero attached hydrogens (tertiary/aromatic N) is 1. The zero-order chi connectivity index (χ0) is 24.4. The van der Waals surface area contributed by atoms with Gasteiger partial charge in [-0.25, -0.2) is 9.37 Å². The molecule has 5 rings (SSSR count). The van der Waals surface area contributed by atoms with Crippen molar-refractivity contribution in [3.8, 4) is 11.3 Å². The lowest BCUT2D eigenvalue weighted by Gasteiger charge is -2.21. The lowest BCUT2D eigenvalue weighted by atomic mass is 9.88. The molecule has 34 heavy (non-hydrogen) atoms. The SMILES string of the molecule is CC(C)(C)Cc1ccc2c(c1)sc1c(-c3cc([Si](C)(C)C)c4ccccc4c3)nc(F)c(F)c12. The van der Waals surface area contributed by atoms with Crippen molar-refractivity contribution in [1.29, 1.82) is 0 Å². The molecule has 0 atom stereocenters. The van der Waals surface area contributed by atoms with Crippen LogP contribution >= 0.6 is 11.3 Å². The lowest BCUT2D eigenvalue weighted by molar-refractivity contribution is 0.411. The summed E-state index contributed by atoms with van der Waals surface area (Å²) in [5, 5.41) is 4.73. The molecular formula is C29H29F2NSSi. The Bertz CT molecular complexity index is 1570. The van der Waals surface area contributed by atoms with Gasteiger partial charge in [-0.3, -0.25) is 0 Å². The van der Waals surface area contributed by atoms with Crippen molar-refractivity contribution in [3.63, 3.8) is 0 Å². The fourth-order valence-electron chi connectivity index (χ4n) is 4.81. The maximum atomic E-state index is 15.1. The van der Waals surface area contributed by atoms with E-state index < -0.39 is 19.8 Å². The standard InChI is InChI=1S/C29H29F2NSSi/c1-29(2,3)16-17-11-12-21-22(13-17)33-27-24(21)25(30)28(31)32-26(27)19-14-18-9-7-8-10-20(18)23(15-19)34(4,5)6/h7-15H,16H2,1-6H3. The van der Waals surface area contributed by atoms with Gasteiger partial charge >= 0.3 is 0 Å². The maximum absolute atomic E-state index is 15.1. The van der Waals surface area contributed by atoms with Gasteiger partial charge in [-0.1, -0.05) is 88.1 Å². The second kappa shape index (κ2) is 7.96. The van der Waals surface area contributed by atoms with Crippen molar-refractivity contribution in [1.82, 2.24) is 4.98 Å². The highest BCUT2D eigenvalue weighted by molar-refractivity contribution is 7.26. The molecule has 1 nitrogen and oxygen atoms in total. The molecule has 0 bridgehead atoms. The van der Waals surface area contributed by atoms with Gasteiger partial charge in [-0.2, -0.15) is 4.39 Å². The van der Waals surface area contributed by atoms with E-state index in [1.807, 2.05) is 18.2 Å². The molecule has 2 heterocycles. The van der Waals surface area contributed by atoms with Crippen molar-refractivity contribution in [2.75, 3.05) is 0 Å². The molecule has 0 aliphatic heterocycles. The largest absolute Gasteiger partial charge is 0.250 e. The van der Waals surface area contributed by atoms with E-state index in [0.29, 0.717) is 15.8 Å². The molecule has 0 unspecified atom stereocenters. The van der Waals surface area contributed by atoms with Gasteiger partial charge in [0, 0.05) is 21.0 Å². The number of hydrogen-bond donors (Lipinski definition) is 0. The predicted molar refractivity (Wildman–Crippen MR) is 146 cm³/mol. The Morgan fingerprint density at radius 3 is 2.35 bits per heavy atom. The van der Waals surface area contributed by atoms with E-state index in [-0.39, 0.29) is 5.41 Å². The molecule has 0 aliphatic carbocycles. The van der Waals surface area contributed by atoms with Crippen LogP contribution in [0.25, 0.3) is 42.2 Å². The smallest absolute Gasteiger partial charge is 0.216 e. The number of thiophene rings is 1. The molecule has 5 heteroatoms. The van der Waals surface area contributed by atoms with Crippen LogP contribution < -0.4 is 5.19 Å². The van der Waals surface area contributed by atoms with Crippen molar-refractivity contribution < 1.29 is 8.78 Å². The summed E-state index contributed by atoms with van der Waals surface area (Å²) in [7, 11) is -1.71. The number of aromatic nitrogens is 1. The number of hydrogen-bond acceptors (Lipinski definition) is 2. The fraction of sp³-hybridized carbons (Fsp3) is 0.276. The topological polar surface area (TPSA) is 12.9 Å². The van der Waals surface area contributed by atoms with E-state index in [4.69, 9.17) is 0 Å². The van der Waals surface area contributed by atoms with Crippen molar-refractivity contribution >= 4 is 55.5 Å². The van der Waals surface area contributed by atoms with E-state index >= 15 is 4.39 Å².